The zero-order chi connectivity index (χ0) is 15.5. The van der Waals surface area contributed by atoms with Crippen LogP contribution in [-0.4, -0.2) is 10.1 Å². The number of oxazole rings is 1. The second-order valence-electron chi connectivity index (χ2n) is 7.06. The Morgan fingerprint density at radius 1 is 1.41 bits per heavy atom. The molecule has 0 spiro atoms. The predicted octanol–water partition coefficient (Wildman–Crippen LogP) is 4.83. The summed E-state index contributed by atoms with van der Waals surface area (Å²) < 4.78 is 5.69. The average molecular weight is 313 g/mol. The number of fused-ring (bicyclic) bond motifs is 3. The summed E-state index contributed by atoms with van der Waals surface area (Å²) >= 11 is 1.14. The van der Waals surface area contributed by atoms with Gasteiger partial charge in [0.1, 0.15) is 5.52 Å². The van der Waals surface area contributed by atoms with E-state index in [1.807, 2.05) is 24.3 Å². The first-order valence-corrected chi connectivity index (χ1v) is 8.53. The molecular formula is C18H19NO2S. The lowest BCUT2D eigenvalue weighted by atomic mass is 9.69. The first-order valence-electron chi connectivity index (χ1n) is 7.71. The third kappa shape index (κ3) is 1.76. The van der Waals surface area contributed by atoms with E-state index in [-0.39, 0.29) is 15.9 Å². The number of aromatic nitrogens is 1. The molecule has 2 aromatic rings. The van der Waals surface area contributed by atoms with Crippen LogP contribution >= 0.6 is 11.8 Å². The lowest BCUT2D eigenvalue weighted by Gasteiger charge is -2.36. The van der Waals surface area contributed by atoms with Crippen molar-refractivity contribution in [3.63, 3.8) is 0 Å². The molecule has 2 saturated carbocycles. The topological polar surface area (TPSA) is 43.1 Å². The van der Waals surface area contributed by atoms with Gasteiger partial charge in [-0.3, -0.25) is 4.79 Å². The average Bonchev–Trinajstić information content (AvgIpc) is 3.14. The number of benzene rings is 1. The molecule has 2 aliphatic rings. The van der Waals surface area contributed by atoms with Crippen molar-refractivity contribution in [1.29, 1.82) is 0 Å². The maximum atomic E-state index is 13.0. The summed E-state index contributed by atoms with van der Waals surface area (Å²) in [4.78, 5) is 17.4. The molecule has 22 heavy (non-hydrogen) atoms. The van der Waals surface area contributed by atoms with Crippen molar-refractivity contribution in [3.8, 4) is 0 Å². The molecule has 1 aromatic heterocycles. The summed E-state index contributed by atoms with van der Waals surface area (Å²) in [6, 6.07) is 7.60. The molecular weight excluding hydrogens is 294 g/mol. The Hall–Kier alpha value is -1.55. The fourth-order valence-electron chi connectivity index (χ4n) is 4.18. The summed E-state index contributed by atoms with van der Waals surface area (Å²) in [5.74, 6) is 0.577. The van der Waals surface area contributed by atoms with Crippen LogP contribution in [0.2, 0.25) is 0 Å². The van der Waals surface area contributed by atoms with Gasteiger partial charge < -0.3 is 4.42 Å². The van der Waals surface area contributed by atoms with Crippen LogP contribution in [0.3, 0.4) is 0 Å². The molecule has 2 atom stereocenters. The van der Waals surface area contributed by atoms with Gasteiger partial charge in [0.15, 0.2) is 5.58 Å². The number of rotatable bonds is 2. The molecule has 0 saturated heterocycles. The second-order valence-corrected chi connectivity index (χ2v) is 7.98. The molecule has 0 aliphatic heterocycles. The largest absolute Gasteiger partial charge is 0.431 e. The number of nitrogens with zero attached hydrogens (tertiary/aromatic N) is 1. The van der Waals surface area contributed by atoms with Crippen LogP contribution in [0.25, 0.3) is 11.1 Å². The van der Waals surface area contributed by atoms with Gasteiger partial charge in [-0.2, -0.15) is 0 Å². The Morgan fingerprint density at radius 2 is 2.18 bits per heavy atom. The minimum atomic E-state index is -0.376. The Labute approximate surface area is 134 Å². The summed E-state index contributed by atoms with van der Waals surface area (Å²) in [5.41, 5.74) is 2.31. The molecule has 1 heterocycles. The highest BCUT2D eigenvalue weighted by Crippen LogP contribution is 2.66. The smallest absolute Gasteiger partial charge is 0.264 e. The standard InChI is InChI=1S/C18H19NO2S/c1-11-17(2,3)12-8-9-18(11,10-12)15(20)22-16-19-13-6-4-5-7-14(13)21-16/h4-7,12H,1,8-10H2,2-3H3. The Morgan fingerprint density at radius 3 is 2.86 bits per heavy atom. The molecule has 2 unspecified atom stereocenters. The second kappa shape index (κ2) is 4.48. The lowest BCUT2D eigenvalue weighted by Crippen LogP contribution is -2.32. The van der Waals surface area contributed by atoms with E-state index < -0.39 is 0 Å². The van der Waals surface area contributed by atoms with E-state index >= 15 is 0 Å². The molecule has 2 aliphatic carbocycles. The molecule has 4 rings (SSSR count). The molecule has 3 nitrogen and oxygen atoms in total. The maximum absolute atomic E-state index is 13.0. The van der Waals surface area contributed by atoms with Crippen molar-refractivity contribution in [2.75, 3.05) is 0 Å². The van der Waals surface area contributed by atoms with E-state index in [1.54, 1.807) is 0 Å². The van der Waals surface area contributed by atoms with Crippen LogP contribution in [0.15, 0.2) is 46.1 Å². The van der Waals surface area contributed by atoms with Crippen molar-refractivity contribution < 1.29 is 9.21 Å². The highest BCUT2D eigenvalue weighted by molar-refractivity contribution is 8.13. The number of hydrogen-bond donors (Lipinski definition) is 0. The van der Waals surface area contributed by atoms with Crippen molar-refractivity contribution in [3.05, 3.63) is 36.4 Å². The van der Waals surface area contributed by atoms with E-state index in [0.717, 1.165) is 47.7 Å². The van der Waals surface area contributed by atoms with Gasteiger partial charge in [0.05, 0.1) is 5.41 Å². The minimum absolute atomic E-state index is 0.0653. The highest BCUT2D eigenvalue weighted by atomic mass is 32.2. The zero-order valence-corrected chi connectivity index (χ0v) is 13.7. The molecule has 2 bridgehead atoms. The molecule has 2 fully saturated rings. The van der Waals surface area contributed by atoms with Crippen molar-refractivity contribution in [1.82, 2.24) is 4.98 Å². The number of para-hydroxylation sites is 2. The molecule has 114 valence electrons. The predicted molar refractivity (Wildman–Crippen MR) is 87.6 cm³/mol. The van der Waals surface area contributed by atoms with Crippen LogP contribution in [0, 0.1) is 16.7 Å². The first-order chi connectivity index (χ1) is 10.4. The van der Waals surface area contributed by atoms with E-state index in [0.29, 0.717) is 11.1 Å². The minimum Gasteiger partial charge on any atom is -0.431 e. The number of allylic oxidation sites excluding steroid dienone is 1. The number of carbonyl (C=O) groups is 1. The van der Waals surface area contributed by atoms with Crippen LogP contribution < -0.4 is 0 Å². The SMILES string of the molecule is C=C1C2(C(=O)Sc3nc4ccccc4o3)CCC(C2)C1(C)C. The van der Waals surface area contributed by atoms with Crippen molar-refractivity contribution in [2.45, 2.75) is 38.3 Å². The van der Waals surface area contributed by atoms with Gasteiger partial charge in [-0.25, -0.2) is 4.98 Å². The first kappa shape index (κ1) is 14.1. The summed E-state index contributed by atoms with van der Waals surface area (Å²) in [5, 5.41) is 0.596. The van der Waals surface area contributed by atoms with Gasteiger partial charge in [-0.15, -0.1) is 0 Å². The summed E-state index contributed by atoms with van der Waals surface area (Å²) in [6.45, 7) is 8.72. The Bertz CT molecular complexity index is 758. The lowest BCUT2D eigenvalue weighted by molar-refractivity contribution is -0.117. The van der Waals surface area contributed by atoms with Gasteiger partial charge in [-0.05, 0) is 42.7 Å². The van der Waals surface area contributed by atoms with Gasteiger partial charge in [0, 0.05) is 11.8 Å². The van der Waals surface area contributed by atoms with Crippen LogP contribution in [0.1, 0.15) is 33.1 Å². The fourth-order valence-corrected chi connectivity index (χ4v) is 5.12. The van der Waals surface area contributed by atoms with Crippen molar-refractivity contribution in [2.24, 2.45) is 16.7 Å². The van der Waals surface area contributed by atoms with Gasteiger partial charge >= 0.3 is 0 Å². The van der Waals surface area contributed by atoms with Crippen LogP contribution in [0.5, 0.6) is 0 Å². The van der Waals surface area contributed by atoms with E-state index in [2.05, 4.69) is 25.4 Å². The summed E-state index contributed by atoms with van der Waals surface area (Å²) in [7, 11) is 0. The third-order valence-electron chi connectivity index (χ3n) is 5.74. The normalized spacial score (nSPS) is 29.4. The monoisotopic (exact) mass is 313 g/mol. The number of carbonyl (C=O) groups excluding carboxylic acids is 1. The van der Waals surface area contributed by atoms with Crippen LogP contribution in [0.4, 0.5) is 0 Å². The van der Waals surface area contributed by atoms with Gasteiger partial charge in [-0.1, -0.05) is 38.1 Å². The molecule has 0 radical (unpaired) electrons. The van der Waals surface area contributed by atoms with Gasteiger partial charge in [0.2, 0.25) is 5.12 Å². The highest BCUT2D eigenvalue weighted by Gasteiger charge is 2.61. The quantitative estimate of drug-likeness (QED) is 0.588. The number of thioether (sulfide) groups is 1. The maximum Gasteiger partial charge on any atom is 0.264 e. The van der Waals surface area contributed by atoms with E-state index in [1.165, 1.54) is 0 Å². The fraction of sp³-hybridized carbons (Fsp3) is 0.444. The van der Waals surface area contributed by atoms with Gasteiger partial charge in [0.25, 0.3) is 5.22 Å². The van der Waals surface area contributed by atoms with E-state index in [4.69, 9.17) is 4.42 Å². The molecule has 0 amide bonds. The zero-order valence-electron chi connectivity index (χ0n) is 12.9. The Kier molecular flexibility index (Phi) is 2.86. The Balaban J connectivity index is 1.64. The molecule has 4 heteroatoms. The third-order valence-corrected chi connectivity index (χ3v) is 6.66. The number of hydrogen-bond acceptors (Lipinski definition) is 4. The van der Waals surface area contributed by atoms with Crippen molar-refractivity contribution >= 4 is 28.0 Å². The molecule has 1 aromatic carbocycles. The molecule has 0 N–H and O–H groups in total. The van der Waals surface area contributed by atoms with Crippen LogP contribution in [-0.2, 0) is 4.79 Å². The summed E-state index contributed by atoms with van der Waals surface area (Å²) in [6.07, 6.45) is 2.97. The van der Waals surface area contributed by atoms with E-state index in [9.17, 15) is 4.79 Å².